The van der Waals surface area contributed by atoms with Crippen LogP contribution < -0.4 is 10.0 Å². The predicted molar refractivity (Wildman–Crippen MR) is 91.9 cm³/mol. The van der Waals surface area contributed by atoms with Crippen molar-refractivity contribution in [3.8, 4) is 6.07 Å². The van der Waals surface area contributed by atoms with Crippen molar-refractivity contribution in [3.63, 3.8) is 0 Å². The van der Waals surface area contributed by atoms with Crippen LogP contribution in [-0.4, -0.2) is 27.5 Å². The van der Waals surface area contributed by atoms with Crippen molar-refractivity contribution < 1.29 is 17.2 Å². The molecule has 1 aliphatic rings. The van der Waals surface area contributed by atoms with Crippen LogP contribution >= 0.6 is 0 Å². The van der Waals surface area contributed by atoms with Crippen LogP contribution in [0, 0.1) is 23.0 Å². The normalized spacial score (nSPS) is 20.5. The Hall–Kier alpha value is -2.34. The van der Waals surface area contributed by atoms with Crippen molar-refractivity contribution in [1.29, 1.82) is 5.26 Å². The van der Waals surface area contributed by atoms with Crippen LogP contribution in [0.2, 0.25) is 0 Å². The highest BCUT2D eigenvalue weighted by Crippen LogP contribution is 2.28. The number of nitrogens with zero attached hydrogens (tertiary/aromatic N) is 1. The highest BCUT2D eigenvalue weighted by atomic mass is 32.2. The molecule has 136 valence electrons. The zero-order valence-electron chi connectivity index (χ0n) is 13.7. The predicted octanol–water partition coefficient (Wildman–Crippen LogP) is 2.26. The molecule has 8 heteroatoms. The van der Waals surface area contributed by atoms with E-state index in [1.807, 2.05) is 6.07 Å². The first-order valence-electron chi connectivity index (χ1n) is 8.09. The summed E-state index contributed by atoms with van der Waals surface area (Å²) in [5, 5.41) is 11.9. The molecule has 2 atom stereocenters. The molecule has 0 aliphatic carbocycles. The van der Waals surface area contributed by atoms with E-state index in [2.05, 4.69) is 10.0 Å². The van der Waals surface area contributed by atoms with Gasteiger partial charge >= 0.3 is 0 Å². The number of hydrogen-bond donors (Lipinski definition) is 2. The van der Waals surface area contributed by atoms with Crippen molar-refractivity contribution in [2.24, 2.45) is 0 Å². The van der Waals surface area contributed by atoms with Crippen LogP contribution in [-0.2, 0) is 10.0 Å². The molecule has 0 radical (unpaired) electrons. The van der Waals surface area contributed by atoms with E-state index in [0.29, 0.717) is 30.6 Å². The summed E-state index contributed by atoms with van der Waals surface area (Å²) in [5.41, 5.74) is 0.917. The number of hydrogen-bond acceptors (Lipinski definition) is 4. The summed E-state index contributed by atoms with van der Waals surface area (Å²) in [5.74, 6) is -2.16. The highest BCUT2D eigenvalue weighted by Gasteiger charge is 2.31. The van der Waals surface area contributed by atoms with Crippen molar-refractivity contribution >= 4 is 10.0 Å². The second-order valence-corrected chi connectivity index (χ2v) is 7.85. The van der Waals surface area contributed by atoms with Crippen LogP contribution in [0.4, 0.5) is 8.78 Å². The molecule has 26 heavy (non-hydrogen) atoms. The van der Waals surface area contributed by atoms with E-state index in [1.54, 1.807) is 0 Å². The molecule has 0 aromatic heterocycles. The van der Waals surface area contributed by atoms with E-state index >= 15 is 0 Å². The first-order chi connectivity index (χ1) is 12.4. The number of rotatable bonds is 4. The fraction of sp³-hybridized carbons (Fsp3) is 0.278. The Kier molecular flexibility index (Phi) is 5.32. The molecule has 2 N–H and O–H groups in total. The average molecular weight is 377 g/mol. The Labute approximate surface area is 150 Å². The second-order valence-electron chi connectivity index (χ2n) is 6.14. The van der Waals surface area contributed by atoms with E-state index in [4.69, 9.17) is 5.26 Å². The van der Waals surface area contributed by atoms with E-state index in [9.17, 15) is 17.2 Å². The van der Waals surface area contributed by atoms with Crippen LogP contribution in [0.25, 0.3) is 0 Å². The molecule has 0 bridgehead atoms. The standard InChI is InChI=1S/C18H17F2N3O2S/c19-16-6-3-13(9-17(16)20)15-7-8-22-11-18(15)23-26(24,25)14-4-1-12(10-21)2-5-14/h1-6,9,15,18,22-23H,7-8,11H2. The lowest BCUT2D eigenvalue weighted by atomic mass is 9.86. The number of nitrogens with one attached hydrogen (secondary N) is 2. The largest absolute Gasteiger partial charge is 0.315 e. The molecule has 3 rings (SSSR count). The van der Waals surface area contributed by atoms with Crippen molar-refractivity contribution in [3.05, 3.63) is 65.2 Å². The molecule has 0 saturated carbocycles. The monoisotopic (exact) mass is 377 g/mol. The summed E-state index contributed by atoms with van der Waals surface area (Å²) in [6, 6.07) is 10.7. The summed E-state index contributed by atoms with van der Waals surface area (Å²) in [6.07, 6.45) is 0.589. The number of benzene rings is 2. The SMILES string of the molecule is N#Cc1ccc(S(=O)(=O)NC2CNCCC2c2ccc(F)c(F)c2)cc1. The lowest BCUT2D eigenvalue weighted by molar-refractivity contribution is 0.376. The van der Waals surface area contributed by atoms with Gasteiger partial charge in [-0.3, -0.25) is 0 Å². The van der Waals surface area contributed by atoms with Crippen molar-refractivity contribution in [2.45, 2.75) is 23.3 Å². The number of sulfonamides is 1. The van der Waals surface area contributed by atoms with Crippen LogP contribution in [0.5, 0.6) is 0 Å². The van der Waals surface area contributed by atoms with Gasteiger partial charge in [0.15, 0.2) is 11.6 Å². The minimum atomic E-state index is -3.81. The minimum Gasteiger partial charge on any atom is -0.315 e. The zero-order chi connectivity index (χ0) is 18.7. The Morgan fingerprint density at radius 3 is 2.50 bits per heavy atom. The molecule has 2 aromatic rings. The second kappa shape index (κ2) is 7.50. The molecule has 2 unspecified atom stereocenters. The highest BCUT2D eigenvalue weighted by molar-refractivity contribution is 7.89. The van der Waals surface area contributed by atoms with Gasteiger partial charge < -0.3 is 5.32 Å². The van der Waals surface area contributed by atoms with Gasteiger partial charge in [-0.05, 0) is 54.9 Å². The van der Waals surface area contributed by atoms with Crippen molar-refractivity contribution in [1.82, 2.24) is 10.0 Å². The van der Waals surface area contributed by atoms with Crippen LogP contribution in [0.15, 0.2) is 47.4 Å². The van der Waals surface area contributed by atoms with Gasteiger partial charge in [0.25, 0.3) is 0 Å². The maximum Gasteiger partial charge on any atom is 0.240 e. The quantitative estimate of drug-likeness (QED) is 0.856. The van der Waals surface area contributed by atoms with Gasteiger partial charge in [0.1, 0.15) is 0 Å². The van der Waals surface area contributed by atoms with Gasteiger partial charge in [0.05, 0.1) is 16.5 Å². The Balaban J connectivity index is 1.85. The van der Waals surface area contributed by atoms with Gasteiger partial charge in [0, 0.05) is 18.5 Å². The smallest absolute Gasteiger partial charge is 0.240 e. The maximum atomic E-state index is 13.6. The zero-order valence-corrected chi connectivity index (χ0v) is 14.6. The fourth-order valence-corrected chi connectivity index (χ4v) is 4.38. The third-order valence-electron chi connectivity index (χ3n) is 4.45. The maximum absolute atomic E-state index is 13.6. The third-order valence-corrected chi connectivity index (χ3v) is 5.96. The topological polar surface area (TPSA) is 82.0 Å². The molecular weight excluding hydrogens is 360 g/mol. The van der Waals surface area contributed by atoms with Crippen LogP contribution in [0.1, 0.15) is 23.5 Å². The fourth-order valence-electron chi connectivity index (χ4n) is 3.10. The average Bonchev–Trinajstić information content (AvgIpc) is 2.64. The molecule has 1 fully saturated rings. The summed E-state index contributed by atoms with van der Waals surface area (Å²) in [7, 11) is -3.81. The summed E-state index contributed by atoms with van der Waals surface area (Å²) < 4.78 is 54.7. The van der Waals surface area contributed by atoms with Crippen LogP contribution in [0.3, 0.4) is 0 Å². The molecule has 1 aliphatic heterocycles. The number of halogens is 2. The van der Waals surface area contributed by atoms with E-state index in [1.165, 1.54) is 30.3 Å². The molecule has 0 spiro atoms. The first-order valence-corrected chi connectivity index (χ1v) is 9.57. The van der Waals surface area contributed by atoms with E-state index in [0.717, 1.165) is 12.1 Å². The summed E-state index contributed by atoms with van der Waals surface area (Å²) in [4.78, 5) is 0.0473. The van der Waals surface area contributed by atoms with Gasteiger partial charge in [-0.2, -0.15) is 5.26 Å². The molecular formula is C18H17F2N3O2S. The summed E-state index contributed by atoms with van der Waals surface area (Å²) in [6.45, 7) is 1.03. The van der Waals surface area contributed by atoms with Gasteiger partial charge in [-0.25, -0.2) is 21.9 Å². The van der Waals surface area contributed by atoms with Gasteiger partial charge in [-0.1, -0.05) is 6.07 Å². The number of nitriles is 1. The van der Waals surface area contributed by atoms with E-state index < -0.39 is 27.7 Å². The van der Waals surface area contributed by atoms with Gasteiger partial charge in [-0.15, -0.1) is 0 Å². The first kappa shape index (κ1) is 18.5. The lowest BCUT2D eigenvalue weighted by Gasteiger charge is -2.33. The van der Waals surface area contributed by atoms with E-state index in [-0.39, 0.29) is 10.8 Å². The molecule has 1 saturated heterocycles. The Bertz CT molecular complexity index is 940. The minimum absolute atomic E-state index is 0.0473. The third kappa shape index (κ3) is 3.90. The number of piperidine rings is 1. The lowest BCUT2D eigenvalue weighted by Crippen LogP contribution is -2.49. The molecule has 5 nitrogen and oxygen atoms in total. The molecule has 2 aromatic carbocycles. The van der Waals surface area contributed by atoms with Crippen molar-refractivity contribution in [2.75, 3.05) is 13.1 Å². The Morgan fingerprint density at radius 1 is 1.12 bits per heavy atom. The summed E-state index contributed by atoms with van der Waals surface area (Å²) >= 11 is 0. The molecule has 1 heterocycles. The van der Waals surface area contributed by atoms with Gasteiger partial charge in [0.2, 0.25) is 10.0 Å². The Morgan fingerprint density at radius 2 is 1.85 bits per heavy atom. The molecule has 0 amide bonds.